The second-order valence-electron chi connectivity index (χ2n) is 7.31. The maximum Gasteiger partial charge on any atom is 0.0797 e. The molecule has 0 aliphatic heterocycles. The van der Waals surface area contributed by atoms with Crippen LogP contribution in [-0.2, 0) is 0 Å². The highest BCUT2D eigenvalue weighted by Gasteiger charge is 2.26. The number of benzene rings is 3. The summed E-state index contributed by atoms with van der Waals surface area (Å²) in [4.78, 5) is 0. The van der Waals surface area contributed by atoms with E-state index in [0.717, 1.165) is 35.5 Å². The number of hydrogen-bond acceptors (Lipinski definition) is 7. The summed E-state index contributed by atoms with van der Waals surface area (Å²) in [6.45, 7) is -1.62. The van der Waals surface area contributed by atoms with E-state index < -0.39 is 31.8 Å². The van der Waals surface area contributed by atoms with Crippen molar-refractivity contribution in [3.63, 3.8) is 0 Å². The van der Waals surface area contributed by atoms with Crippen LogP contribution < -0.4 is 0 Å². The van der Waals surface area contributed by atoms with Crippen molar-refractivity contribution in [3.8, 4) is 0 Å². The topological polar surface area (TPSA) is 142 Å². The highest BCUT2D eigenvalue weighted by Crippen LogP contribution is 2.11. The van der Waals surface area contributed by atoms with Crippen LogP contribution in [0.1, 0.15) is 16.7 Å². The van der Waals surface area contributed by atoms with Crippen molar-refractivity contribution >= 4 is 18.2 Å². The molecule has 0 aliphatic rings. The summed E-state index contributed by atoms with van der Waals surface area (Å²) in [7, 11) is 0. The molecule has 0 radical (unpaired) electrons. The van der Waals surface area contributed by atoms with Crippen LogP contribution in [0.5, 0.6) is 0 Å². The molecule has 0 amide bonds. The number of aliphatic hydroxyl groups is 7. The van der Waals surface area contributed by atoms with Crippen molar-refractivity contribution < 1.29 is 35.7 Å². The van der Waals surface area contributed by atoms with Crippen molar-refractivity contribution in [2.45, 2.75) is 0 Å². The van der Waals surface area contributed by atoms with Gasteiger partial charge in [0.2, 0.25) is 0 Å². The van der Waals surface area contributed by atoms with Crippen LogP contribution in [0.25, 0.3) is 18.2 Å². The Morgan fingerprint density at radius 2 is 0.639 bits per heavy atom. The molecule has 3 aromatic carbocycles. The molecule has 7 nitrogen and oxygen atoms in total. The largest absolute Gasteiger partial charge is 0.516 e. The molecule has 0 unspecified atom stereocenters. The lowest BCUT2D eigenvalue weighted by Gasteiger charge is -2.23. The van der Waals surface area contributed by atoms with Crippen LogP contribution in [0.4, 0.5) is 0 Å². The van der Waals surface area contributed by atoms with Gasteiger partial charge in [0, 0.05) is 0 Å². The van der Waals surface area contributed by atoms with E-state index in [0.29, 0.717) is 0 Å². The molecule has 0 spiro atoms. The molecule has 3 aromatic rings. The van der Waals surface area contributed by atoms with Gasteiger partial charge in [-0.2, -0.15) is 0 Å². The van der Waals surface area contributed by atoms with Gasteiger partial charge in [0.05, 0.1) is 50.6 Å². The molecule has 0 atom stereocenters. The Balaban J connectivity index is 0.000000454. The Bertz CT molecular complexity index is 822. The average molecular weight is 497 g/mol. The molecule has 0 aromatic heterocycles. The minimum absolute atomic E-state index is 0.406. The molecule has 0 saturated carbocycles. The van der Waals surface area contributed by atoms with Crippen molar-refractivity contribution in [1.29, 1.82) is 0 Å². The predicted molar refractivity (Wildman–Crippen MR) is 145 cm³/mol. The van der Waals surface area contributed by atoms with Crippen molar-refractivity contribution in [3.05, 3.63) is 126 Å². The van der Waals surface area contributed by atoms with Crippen molar-refractivity contribution in [2.75, 3.05) is 26.4 Å². The first-order valence-electron chi connectivity index (χ1n) is 11.1. The van der Waals surface area contributed by atoms with Crippen LogP contribution >= 0.6 is 0 Å². The zero-order valence-corrected chi connectivity index (χ0v) is 20.1. The quantitative estimate of drug-likeness (QED) is 0.237. The molecule has 0 aliphatic carbocycles. The third-order valence-corrected chi connectivity index (χ3v) is 4.54. The lowest BCUT2D eigenvalue weighted by atomic mass is 9.93. The van der Waals surface area contributed by atoms with E-state index in [4.69, 9.17) is 35.7 Å². The lowest BCUT2D eigenvalue weighted by molar-refractivity contribution is -0.0328. The van der Waals surface area contributed by atoms with E-state index in [1.807, 2.05) is 91.0 Å². The molecule has 3 rings (SSSR count). The van der Waals surface area contributed by atoms with E-state index in [2.05, 4.69) is 0 Å². The van der Waals surface area contributed by atoms with Gasteiger partial charge in [0.25, 0.3) is 0 Å². The van der Waals surface area contributed by atoms with Crippen LogP contribution in [0.15, 0.2) is 110 Å². The van der Waals surface area contributed by atoms with Crippen molar-refractivity contribution in [1.82, 2.24) is 0 Å². The third kappa shape index (κ3) is 15.1. The van der Waals surface area contributed by atoms with Gasteiger partial charge in [-0.15, -0.1) is 0 Å². The summed E-state index contributed by atoms with van der Waals surface area (Å²) in [6.07, 6.45) is 8.03. The minimum atomic E-state index is -1.11. The molecule has 7 N–H and O–H groups in total. The smallest absolute Gasteiger partial charge is 0.0797 e. The Labute approximate surface area is 212 Å². The standard InChI is InChI=1S/3C8H8O.C5H12O4/c3*9-7-6-8-4-2-1-3-5-8;6-1-5(2-7,3-8)4-9/h3*1-7,9H;6-9H,1-4H2. The van der Waals surface area contributed by atoms with E-state index in [1.54, 1.807) is 18.2 Å². The summed E-state index contributed by atoms with van der Waals surface area (Å²) in [5.74, 6) is 0. The van der Waals surface area contributed by atoms with Crippen LogP contribution in [-0.4, -0.2) is 62.2 Å². The zero-order valence-electron chi connectivity index (χ0n) is 20.1. The first kappa shape index (κ1) is 32.1. The molecule has 0 heterocycles. The summed E-state index contributed by atoms with van der Waals surface area (Å²) < 4.78 is 0. The van der Waals surface area contributed by atoms with Gasteiger partial charge < -0.3 is 35.7 Å². The number of hydrogen-bond donors (Lipinski definition) is 7. The van der Waals surface area contributed by atoms with E-state index in [1.165, 1.54) is 0 Å². The number of rotatable bonds is 7. The Morgan fingerprint density at radius 3 is 0.778 bits per heavy atom. The summed E-state index contributed by atoms with van der Waals surface area (Å²) >= 11 is 0. The summed E-state index contributed by atoms with van der Waals surface area (Å²) in [5.41, 5.74) is 1.93. The van der Waals surface area contributed by atoms with Crippen LogP contribution in [0.3, 0.4) is 0 Å². The predicted octanol–water partition coefficient (Wildman–Crippen LogP) is 4.59. The summed E-state index contributed by atoms with van der Waals surface area (Å²) in [6, 6.07) is 28.9. The first-order valence-corrected chi connectivity index (χ1v) is 11.1. The van der Waals surface area contributed by atoms with Gasteiger partial charge in [0.15, 0.2) is 0 Å². The van der Waals surface area contributed by atoms with E-state index in [-0.39, 0.29) is 0 Å². The highest BCUT2D eigenvalue weighted by atomic mass is 16.3. The average Bonchev–Trinajstić information content (AvgIpc) is 2.94. The monoisotopic (exact) mass is 496 g/mol. The van der Waals surface area contributed by atoms with Gasteiger partial charge in [0.1, 0.15) is 0 Å². The van der Waals surface area contributed by atoms with Crippen molar-refractivity contribution in [2.24, 2.45) is 5.41 Å². The maximum atomic E-state index is 8.50. The minimum Gasteiger partial charge on any atom is -0.516 e. The van der Waals surface area contributed by atoms with Gasteiger partial charge in [-0.3, -0.25) is 0 Å². The molecule has 0 bridgehead atoms. The van der Waals surface area contributed by atoms with Crippen LogP contribution in [0, 0.1) is 5.41 Å². The fourth-order valence-corrected chi connectivity index (χ4v) is 2.25. The molecule has 36 heavy (non-hydrogen) atoms. The van der Waals surface area contributed by atoms with Gasteiger partial charge in [-0.1, -0.05) is 91.0 Å². The molecule has 0 saturated heterocycles. The van der Waals surface area contributed by atoms with Gasteiger partial charge >= 0.3 is 0 Å². The Kier molecular flexibility index (Phi) is 19.3. The zero-order chi connectivity index (χ0) is 26.9. The second kappa shape index (κ2) is 21.6. The highest BCUT2D eigenvalue weighted by molar-refractivity contribution is 5.48. The first-order chi connectivity index (χ1) is 17.5. The maximum absolute atomic E-state index is 8.50. The molecule has 0 fully saturated rings. The van der Waals surface area contributed by atoms with E-state index >= 15 is 0 Å². The van der Waals surface area contributed by atoms with E-state index in [9.17, 15) is 0 Å². The van der Waals surface area contributed by atoms with Gasteiger partial charge in [-0.05, 0) is 34.9 Å². The number of aliphatic hydroxyl groups excluding tert-OH is 7. The molecular weight excluding hydrogens is 460 g/mol. The van der Waals surface area contributed by atoms with Crippen LogP contribution in [0.2, 0.25) is 0 Å². The fraction of sp³-hybridized carbons (Fsp3) is 0.172. The second-order valence-corrected chi connectivity index (χ2v) is 7.31. The van der Waals surface area contributed by atoms with Gasteiger partial charge in [-0.25, -0.2) is 0 Å². The Hall–Kier alpha value is -3.88. The summed E-state index contributed by atoms with van der Waals surface area (Å²) in [5, 5.41) is 59.0. The normalized spacial score (nSPS) is 10.7. The lowest BCUT2D eigenvalue weighted by Crippen LogP contribution is -2.37. The third-order valence-electron chi connectivity index (χ3n) is 4.54. The molecule has 194 valence electrons. The Morgan fingerprint density at radius 1 is 0.417 bits per heavy atom. The fourth-order valence-electron chi connectivity index (χ4n) is 2.25. The molecule has 7 heteroatoms. The SMILES string of the molecule is OC=Cc1ccccc1.OC=Cc1ccccc1.OC=Cc1ccccc1.OCC(CO)(CO)CO. The molecular formula is C29H36O7.